The normalized spacial score (nSPS) is 12.0. The number of aromatic nitrogens is 1. The molecule has 0 spiro atoms. The zero-order valence-corrected chi connectivity index (χ0v) is 10.1. The van der Waals surface area contributed by atoms with Crippen molar-refractivity contribution in [3.05, 3.63) is 44.3 Å². The predicted molar refractivity (Wildman–Crippen MR) is 68.6 cm³/mol. The molecule has 3 nitrogen and oxygen atoms in total. The minimum Gasteiger partial charge on any atom is -0.389 e. The molecule has 0 aliphatic heterocycles. The van der Waals surface area contributed by atoms with Crippen LogP contribution in [0.15, 0.2) is 28.4 Å². The molecular formula is C11H9ClN2OS. The number of fused-ring (bicyclic) bond motifs is 1. The summed E-state index contributed by atoms with van der Waals surface area (Å²) in [6.45, 7) is 1.87. The Hall–Kier alpha value is -1.39. The van der Waals surface area contributed by atoms with Crippen LogP contribution in [-0.4, -0.2) is 4.98 Å². The molecule has 0 saturated carbocycles. The molecule has 5 heteroatoms. The van der Waals surface area contributed by atoms with Crippen LogP contribution in [0.2, 0.25) is 0 Å². The van der Waals surface area contributed by atoms with Crippen LogP contribution < -0.4 is 11.2 Å². The lowest BCUT2D eigenvalue weighted by Crippen LogP contribution is -2.07. The summed E-state index contributed by atoms with van der Waals surface area (Å²) < 4.78 is 0.871. The molecule has 2 N–H and O–H groups in total. The Kier molecular flexibility index (Phi) is 2.94. The molecule has 0 amide bonds. The number of hydrogen-bond donors (Lipinski definition) is 1. The fraction of sp³-hybridized carbons (Fsp3) is 0.0909. The van der Waals surface area contributed by atoms with Crippen LogP contribution >= 0.6 is 22.9 Å². The lowest BCUT2D eigenvalue weighted by Gasteiger charge is -2.02. The Labute approximate surface area is 101 Å². The van der Waals surface area contributed by atoms with Gasteiger partial charge in [-0.05, 0) is 19.1 Å². The van der Waals surface area contributed by atoms with Crippen molar-refractivity contribution in [1.82, 2.24) is 4.98 Å². The van der Waals surface area contributed by atoms with Crippen LogP contribution in [0.25, 0.3) is 16.2 Å². The monoisotopic (exact) mass is 252 g/mol. The molecule has 0 radical (unpaired) electrons. The maximum atomic E-state index is 12.1. The van der Waals surface area contributed by atoms with Gasteiger partial charge >= 0.3 is 0 Å². The highest BCUT2D eigenvalue weighted by Crippen LogP contribution is 2.21. The van der Waals surface area contributed by atoms with E-state index < -0.39 is 0 Å². The van der Waals surface area contributed by atoms with Gasteiger partial charge in [0.25, 0.3) is 0 Å². The number of nitrogens with two attached hydrogens (primary N) is 1. The van der Waals surface area contributed by atoms with E-state index in [1.54, 1.807) is 18.5 Å². The van der Waals surface area contributed by atoms with Gasteiger partial charge < -0.3 is 5.73 Å². The average Bonchev–Trinajstić information content (AvgIpc) is 2.24. The van der Waals surface area contributed by atoms with Crippen LogP contribution in [-0.2, 0) is 0 Å². The summed E-state index contributed by atoms with van der Waals surface area (Å²) in [5.74, 6) is 0. The standard InChI is InChI=1S/C11H9ClN2OS/c1-6-8(4-10(12)13)11(15)7-2-3-14-5-9(7)16-6/h2-5H,13H2,1H3/b10-4-. The molecule has 0 aromatic carbocycles. The van der Waals surface area contributed by atoms with Crippen molar-refractivity contribution in [3.63, 3.8) is 0 Å². The van der Waals surface area contributed by atoms with Crippen LogP contribution in [0.3, 0.4) is 0 Å². The summed E-state index contributed by atoms with van der Waals surface area (Å²) in [7, 11) is 0. The molecule has 0 aliphatic carbocycles. The van der Waals surface area contributed by atoms with Crippen LogP contribution in [0.5, 0.6) is 0 Å². The quantitative estimate of drug-likeness (QED) is 0.794. The Morgan fingerprint density at radius 1 is 1.62 bits per heavy atom. The average molecular weight is 253 g/mol. The van der Waals surface area contributed by atoms with Gasteiger partial charge in [-0.25, -0.2) is 0 Å². The van der Waals surface area contributed by atoms with Crippen molar-refractivity contribution >= 4 is 39.1 Å². The van der Waals surface area contributed by atoms with Crippen LogP contribution in [0.1, 0.15) is 10.4 Å². The van der Waals surface area contributed by atoms with Crippen LogP contribution in [0, 0.1) is 6.92 Å². The molecule has 2 heterocycles. The number of halogens is 1. The largest absolute Gasteiger partial charge is 0.389 e. The van der Waals surface area contributed by atoms with Gasteiger partial charge in [-0.15, -0.1) is 11.3 Å². The van der Waals surface area contributed by atoms with E-state index in [1.807, 2.05) is 6.92 Å². The molecule has 82 valence electrons. The summed E-state index contributed by atoms with van der Waals surface area (Å²) >= 11 is 7.10. The first kappa shape index (κ1) is 11.1. The SMILES string of the molecule is Cc1sc2cnccc2c(=O)c1/C=C(\N)Cl. The summed E-state index contributed by atoms with van der Waals surface area (Å²) in [4.78, 5) is 17.0. The summed E-state index contributed by atoms with van der Waals surface area (Å²) in [5, 5.41) is 0.760. The number of rotatable bonds is 1. The molecule has 2 rings (SSSR count). The fourth-order valence-corrected chi connectivity index (χ4v) is 2.56. The number of aryl methyl sites for hydroxylation is 1. The van der Waals surface area contributed by atoms with E-state index >= 15 is 0 Å². The first-order valence-corrected chi connectivity index (χ1v) is 5.79. The molecule has 0 atom stereocenters. The molecule has 0 fully saturated rings. The van der Waals surface area contributed by atoms with E-state index in [1.165, 1.54) is 17.4 Å². The first-order valence-electron chi connectivity index (χ1n) is 4.59. The second kappa shape index (κ2) is 4.23. The van der Waals surface area contributed by atoms with E-state index in [4.69, 9.17) is 17.3 Å². The third-order valence-corrected chi connectivity index (χ3v) is 3.38. The topological polar surface area (TPSA) is 56.0 Å². The molecule has 0 saturated heterocycles. The van der Waals surface area contributed by atoms with Gasteiger partial charge in [-0.3, -0.25) is 9.78 Å². The maximum Gasteiger partial charge on any atom is 0.195 e. The molecule has 16 heavy (non-hydrogen) atoms. The van der Waals surface area contributed by atoms with Gasteiger partial charge in [0, 0.05) is 28.2 Å². The lowest BCUT2D eigenvalue weighted by molar-refractivity contribution is 1.36. The minimum atomic E-state index is -0.0581. The molecule has 2 aromatic rings. The maximum absolute atomic E-state index is 12.1. The second-order valence-corrected chi connectivity index (χ2v) is 4.99. The minimum absolute atomic E-state index is 0.0581. The Balaban J connectivity index is 2.86. The van der Waals surface area contributed by atoms with Gasteiger partial charge in [0.1, 0.15) is 0 Å². The van der Waals surface area contributed by atoms with E-state index in [0.29, 0.717) is 10.9 Å². The van der Waals surface area contributed by atoms with Crippen molar-refractivity contribution in [2.24, 2.45) is 5.73 Å². The third kappa shape index (κ3) is 1.94. The second-order valence-electron chi connectivity index (χ2n) is 3.30. The predicted octanol–water partition coefficient (Wildman–Crippen LogP) is 2.46. The Morgan fingerprint density at radius 3 is 3.06 bits per heavy atom. The highest BCUT2D eigenvalue weighted by molar-refractivity contribution is 7.18. The van der Waals surface area contributed by atoms with E-state index in [9.17, 15) is 4.79 Å². The zero-order valence-electron chi connectivity index (χ0n) is 8.53. The third-order valence-electron chi connectivity index (χ3n) is 2.20. The van der Waals surface area contributed by atoms with E-state index in [0.717, 1.165) is 9.58 Å². The number of nitrogens with zero attached hydrogens (tertiary/aromatic N) is 1. The summed E-state index contributed by atoms with van der Waals surface area (Å²) in [5.41, 5.74) is 5.88. The summed E-state index contributed by atoms with van der Waals surface area (Å²) in [6, 6.07) is 1.70. The van der Waals surface area contributed by atoms with E-state index in [-0.39, 0.29) is 10.6 Å². The smallest absolute Gasteiger partial charge is 0.195 e. The fourth-order valence-electron chi connectivity index (χ4n) is 1.48. The Morgan fingerprint density at radius 2 is 2.38 bits per heavy atom. The van der Waals surface area contributed by atoms with Crippen molar-refractivity contribution in [2.45, 2.75) is 6.92 Å². The van der Waals surface area contributed by atoms with E-state index in [2.05, 4.69) is 4.98 Å². The van der Waals surface area contributed by atoms with Crippen molar-refractivity contribution in [3.8, 4) is 0 Å². The van der Waals surface area contributed by atoms with Crippen molar-refractivity contribution in [1.29, 1.82) is 0 Å². The van der Waals surface area contributed by atoms with Gasteiger partial charge in [0.2, 0.25) is 0 Å². The first-order chi connectivity index (χ1) is 7.59. The lowest BCUT2D eigenvalue weighted by atomic mass is 10.2. The molecular weight excluding hydrogens is 244 g/mol. The summed E-state index contributed by atoms with van der Waals surface area (Å²) in [6.07, 6.45) is 4.78. The van der Waals surface area contributed by atoms with Crippen LogP contribution in [0.4, 0.5) is 0 Å². The highest BCUT2D eigenvalue weighted by Gasteiger charge is 2.07. The van der Waals surface area contributed by atoms with Crippen molar-refractivity contribution in [2.75, 3.05) is 0 Å². The number of hydrogen-bond acceptors (Lipinski definition) is 4. The van der Waals surface area contributed by atoms with Gasteiger partial charge in [-0.2, -0.15) is 0 Å². The number of pyridine rings is 1. The molecule has 0 bridgehead atoms. The van der Waals surface area contributed by atoms with Gasteiger partial charge in [0.15, 0.2) is 5.43 Å². The Bertz CT molecular complexity index is 629. The molecule has 2 aromatic heterocycles. The molecule has 0 unspecified atom stereocenters. The zero-order chi connectivity index (χ0) is 11.7. The molecule has 0 aliphatic rings. The van der Waals surface area contributed by atoms with Gasteiger partial charge in [-0.1, -0.05) is 11.6 Å². The van der Waals surface area contributed by atoms with Gasteiger partial charge in [0.05, 0.1) is 9.86 Å². The van der Waals surface area contributed by atoms with Crippen molar-refractivity contribution < 1.29 is 0 Å². The highest BCUT2D eigenvalue weighted by atomic mass is 35.5.